The predicted molar refractivity (Wildman–Crippen MR) is 93.2 cm³/mol. The quantitative estimate of drug-likeness (QED) is 0.674. The van der Waals surface area contributed by atoms with Crippen LogP contribution >= 0.6 is 0 Å². The number of aryl methyl sites for hydroxylation is 1. The number of nitrogens with zero attached hydrogens (tertiary/aromatic N) is 1. The largest absolute Gasteiger partial charge is 0.497 e. The molecule has 0 aliphatic carbocycles. The van der Waals surface area contributed by atoms with E-state index in [9.17, 15) is 4.39 Å². The Morgan fingerprint density at radius 3 is 2.78 bits per heavy atom. The summed E-state index contributed by atoms with van der Waals surface area (Å²) in [7, 11) is 1.54. The summed E-state index contributed by atoms with van der Waals surface area (Å²) in [4.78, 5) is 7.68. The van der Waals surface area contributed by atoms with Crippen LogP contribution < -0.4 is 4.74 Å². The number of rotatable bonds is 4. The van der Waals surface area contributed by atoms with Crippen LogP contribution in [0, 0.1) is 12.7 Å². The molecule has 23 heavy (non-hydrogen) atoms. The number of allylic oxidation sites excluding steroid dienone is 1. The minimum atomic E-state index is -0.351. The van der Waals surface area contributed by atoms with Gasteiger partial charge in [0.25, 0.3) is 0 Å². The first-order valence-electron chi connectivity index (χ1n) is 7.24. The Balaban J connectivity index is 1.92. The fourth-order valence-electron chi connectivity index (χ4n) is 2.49. The second-order valence-corrected chi connectivity index (χ2v) is 5.27. The molecule has 1 aromatic heterocycles. The van der Waals surface area contributed by atoms with Crippen molar-refractivity contribution in [3.8, 4) is 5.75 Å². The van der Waals surface area contributed by atoms with E-state index in [2.05, 4.69) is 16.6 Å². The summed E-state index contributed by atoms with van der Waals surface area (Å²) in [5, 5.41) is 1.12. The summed E-state index contributed by atoms with van der Waals surface area (Å²) in [6, 6.07) is 12.5. The Bertz CT molecular complexity index is 909. The number of hydrogen-bond donors (Lipinski definition) is 1. The topological polar surface area (TPSA) is 37.4 Å². The number of nitrogens with one attached hydrogen (secondary N) is 1. The zero-order valence-electron chi connectivity index (χ0n) is 13.1. The zero-order chi connectivity index (χ0) is 16.4. The van der Waals surface area contributed by atoms with E-state index in [1.165, 1.54) is 6.07 Å². The number of methoxy groups -OCH3 is 1. The number of halogens is 1. The van der Waals surface area contributed by atoms with Crippen LogP contribution in [-0.2, 0) is 0 Å². The maximum Gasteiger partial charge on any atom is 0.133 e. The molecule has 0 aliphatic rings. The Morgan fingerprint density at radius 2 is 2.04 bits per heavy atom. The smallest absolute Gasteiger partial charge is 0.133 e. The molecular weight excluding hydrogens is 291 g/mol. The summed E-state index contributed by atoms with van der Waals surface area (Å²) >= 11 is 0. The van der Waals surface area contributed by atoms with Gasteiger partial charge in [-0.05, 0) is 36.8 Å². The monoisotopic (exact) mass is 308 g/mol. The maximum atomic E-state index is 13.9. The number of para-hydroxylation sites is 1. The standard InChI is InChI=1S/C19H17FN2O/c1-12(16-10-14(23-3)8-9-17(16)20)11-21-19-13(2)15-6-4-5-7-18(15)22-19/h4-11,22H,1H2,2-3H3/b21-11-. The lowest BCUT2D eigenvalue weighted by Gasteiger charge is -2.05. The minimum Gasteiger partial charge on any atom is -0.497 e. The highest BCUT2D eigenvalue weighted by Gasteiger charge is 2.08. The van der Waals surface area contributed by atoms with Crippen LogP contribution in [0.4, 0.5) is 10.2 Å². The Labute approximate surface area is 134 Å². The second kappa shape index (κ2) is 6.08. The van der Waals surface area contributed by atoms with Gasteiger partial charge in [0.05, 0.1) is 7.11 Å². The van der Waals surface area contributed by atoms with Gasteiger partial charge in [-0.15, -0.1) is 0 Å². The summed E-state index contributed by atoms with van der Waals surface area (Å²) in [5.74, 6) is 0.976. The van der Waals surface area contributed by atoms with Gasteiger partial charge in [0.1, 0.15) is 17.4 Å². The number of hydrogen-bond acceptors (Lipinski definition) is 2. The number of aliphatic imine (C=N–C) groups is 1. The third-order valence-electron chi connectivity index (χ3n) is 3.81. The lowest BCUT2D eigenvalue weighted by atomic mass is 10.1. The van der Waals surface area contributed by atoms with Crippen LogP contribution in [0.15, 0.2) is 54.0 Å². The van der Waals surface area contributed by atoms with Crippen molar-refractivity contribution < 1.29 is 9.13 Å². The number of ether oxygens (including phenoxy) is 1. The maximum absolute atomic E-state index is 13.9. The number of fused-ring (bicyclic) bond motifs is 1. The SMILES string of the molecule is C=C(/C=N\c1[nH]c2ccccc2c1C)c1cc(OC)ccc1F. The van der Waals surface area contributed by atoms with E-state index >= 15 is 0 Å². The zero-order valence-corrected chi connectivity index (χ0v) is 13.1. The van der Waals surface area contributed by atoms with Crippen molar-refractivity contribution in [2.24, 2.45) is 4.99 Å². The van der Waals surface area contributed by atoms with E-state index in [0.29, 0.717) is 16.9 Å². The van der Waals surface area contributed by atoms with Gasteiger partial charge in [-0.3, -0.25) is 0 Å². The highest BCUT2D eigenvalue weighted by atomic mass is 19.1. The molecule has 0 radical (unpaired) electrons. The van der Waals surface area contributed by atoms with Crippen molar-refractivity contribution in [1.29, 1.82) is 0 Å². The van der Waals surface area contributed by atoms with Crippen LogP contribution in [0.3, 0.4) is 0 Å². The van der Waals surface area contributed by atoms with Crippen molar-refractivity contribution >= 4 is 28.5 Å². The number of benzene rings is 2. The number of aromatic nitrogens is 1. The Morgan fingerprint density at radius 1 is 1.26 bits per heavy atom. The molecule has 0 atom stereocenters. The molecule has 0 aliphatic heterocycles. The van der Waals surface area contributed by atoms with E-state index in [1.807, 2.05) is 31.2 Å². The first kappa shape index (κ1) is 15.0. The molecule has 3 nitrogen and oxygen atoms in total. The van der Waals surface area contributed by atoms with E-state index in [1.54, 1.807) is 25.5 Å². The molecule has 0 unspecified atom stereocenters. The highest BCUT2D eigenvalue weighted by molar-refractivity contribution is 6.10. The van der Waals surface area contributed by atoms with Crippen molar-refractivity contribution in [1.82, 2.24) is 4.98 Å². The van der Waals surface area contributed by atoms with Gasteiger partial charge in [-0.25, -0.2) is 9.38 Å². The number of H-pyrrole nitrogens is 1. The van der Waals surface area contributed by atoms with Crippen LogP contribution in [-0.4, -0.2) is 18.3 Å². The fourth-order valence-corrected chi connectivity index (χ4v) is 2.49. The van der Waals surface area contributed by atoms with E-state index in [4.69, 9.17) is 4.74 Å². The molecule has 0 saturated heterocycles. The summed E-state index contributed by atoms with van der Waals surface area (Å²) in [5.41, 5.74) is 2.94. The van der Waals surface area contributed by atoms with Crippen LogP contribution in [0.5, 0.6) is 5.75 Å². The Hall–Kier alpha value is -2.88. The third kappa shape index (κ3) is 2.88. The first-order chi connectivity index (χ1) is 11.1. The first-order valence-corrected chi connectivity index (χ1v) is 7.24. The molecule has 3 aromatic rings. The van der Waals surface area contributed by atoms with Gasteiger partial charge < -0.3 is 9.72 Å². The molecule has 1 heterocycles. The van der Waals surface area contributed by atoms with Gasteiger partial charge in [0, 0.05) is 28.2 Å². The molecule has 0 amide bonds. The summed E-state index contributed by atoms with van der Waals surface area (Å²) < 4.78 is 19.1. The molecule has 0 fully saturated rings. The van der Waals surface area contributed by atoms with E-state index in [-0.39, 0.29) is 5.82 Å². The molecule has 116 valence electrons. The normalized spacial score (nSPS) is 11.3. The average molecular weight is 308 g/mol. The minimum absolute atomic E-state index is 0.351. The van der Waals surface area contributed by atoms with Gasteiger partial charge in [-0.1, -0.05) is 24.8 Å². The molecule has 0 saturated carbocycles. The van der Waals surface area contributed by atoms with Gasteiger partial charge in [0.15, 0.2) is 0 Å². The van der Waals surface area contributed by atoms with Crippen LogP contribution in [0.2, 0.25) is 0 Å². The summed E-state index contributed by atoms with van der Waals surface area (Å²) in [6.45, 7) is 5.90. The van der Waals surface area contributed by atoms with Crippen LogP contribution in [0.25, 0.3) is 16.5 Å². The molecule has 2 aromatic carbocycles. The van der Waals surface area contributed by atoms with E-state index < -0.39 is 0 Å². The van der Waals surface area contributed by atoms with Crippen molar-refractivity contribution in [3.05, 3.63) is 66.0 Å². The van der Waals surface area contributed by atoms with Crippen molar-refractivity contribution in [2.45, 2.75) is 6.92 Å². The van der Waals surface area contributed by atoms with Gasteiger partial charge in [-0.2, -0.15) is 0 Å². The second-order valence-electron chi connectivity index (χ2n) is 5.27. The van der Waals surface area contributed by atoms with Crippen LogP contribution in [0.1, 0.15) is 11.1 Å². The predicted octanol–water partition coefficient (Wildman–Crippen LogP) is 5.04. The molecule has 0 bridgehead atoms. The van der Waals surface area contributed by atoms with Crippen molar-refractivity contribution in [3.63, 3.8) is 0 Å². The average Bonchev–Trinajstić information content (AvgIpc) is 2.89. The van der Waals surface area contributed by atoms with E-state index in [0.717, 1.165) is 22.3 Å². The fraction of sp³-hybridized carbons (Fsp3) is 0.105. The molecule has 3 rings (SSSR count). The third-order valence-corrected chi connectivity index (χ3v) is 3.81. The number of aromatic amines is 1. The summed E-state index contributed by atoms with van der Waals surface area (Å²) in [6.07, 6.45) is 1.57. The molecular formula is C19H17FN2O. The lowest BCUT2D eigenvalue weighted by molar-refractivity contribution is 0.413. The highest BCUT2D eigenvalue weighted by Crippen LogP contribution is 2.28. The van der Waals surface area contributed by atoms with Gasteiger partial charge in [0.2, 0.25) is 0 Å². The van der Waals surface area contributed by atoms with Gasteiger partial charge >= 0.3 is 0 Å². The molecule has 4 heteroatoms. The molecule has 1 N–H and O–H groups in total. The lowest BCUT2D eigenvalue weighted by Crippen LogP contribution is -1.92. The molecule has 0 spiro atoms. The van der Waals surface area contributed by atoms with Crippen molar-refractivity contribution in [2.75, 3.05) is 7.11 Å². The Kier molecular flexibility index (Phi) is 3.98.